The van der Waals surface area contributed by atoms with Crippen LogP contribution in [0.5, 0.6) is 0 Å². The van der Waals surface area contributed by atoms with Crippen molar-refractivity contribution in [1.82, 2.24) is 0 Å². The van der Waals surface area contributed by atoms with Crippen LogP contribution in [0.3, 0.4) is 0 Å². The van der Waals surface area contributed by atoms with Crippen molar-refractivity contribution in [3.63, 3.8) is 0 Å². The number of hydrogen-bond acceptors (Lipinski definition) is 3. The first kappa shape index (κ1) is 24.2. The first-order valence-corrected chi connectivity index (χ1v) is 19.6. The van der Waals surface area contributed by atoms with E-state index >= 15 is 8.78 Å². The number of ether oxygens (including phenoxy) is 3. The summed E-state index contributed by atoms with van der Waals surface area (Å²) in [6.07, 6.45) is 6.77. The first-order chi connectivity index (χ1) is 13.5. The van der Waals surface area contributed by atoms with Crippen molar-refractivity contribution in [3.8, 4) is 0 Å². The Labute approximate surface area is 180 Å². The van der Waals surface area contributed by atoms with Crippen molar-refractivity contribution < 1.29 is 23.0 Å². The molecule has 3 fully saturated rings. The van der Waals surface area contributed by atoms with E-state index < -0.39 is 47.4 Å². The van der Waals surface area contributed by atoms with Crippen LogP contribution in [0.25, 0.3) is 0 Å². The molecule has 4 atom stereocenters. The molecule has 0 N–H and O–H groups in total. The number of hydrogen-bond donors (Lipinski definition) is 0. The van der Waals surface area contributed by atoms with Gasteiger partial charge in [-0.05, 0) is 0 Å². The van der Waals surface area contributed by atoms with Gasteiger partial charge in [-0.2, -0.15) is 0 Å². The number of alkyl halides is 2. The van der Waals surface area contributed by atoms with Crippen molar-refractivity contribution in [3.05, 3.63) is 0 Å². The topological polar surface area (TPSA) is 27.7 Å². The van der Waals surface area contributed by atoms with Crippen LogP contribution in [0.1, 0.15) is 86.5 Å². The van der Waals surface area contributed by atoms with E-state index in [0.717, 1.165) is 25.7 Å². The van der Waals surface area contributed by atoms with E-state index in [1.807, 2.05) is 6.92 Å². The number of halogens is 2. The third kappa shape index (κ3) is 3.82. The fourth-order valence-corrected chi connectivity index (χ4v) is 25.7. The molecule has 0 aromatic heterocycles. The van der Waals surface area contributed by atoms with Gasteiger partial charge in [0.15, 0.2) is 0 Å². The summed E-state index contributed by atoms with van der Waals surface area (Å²) in [6, 6.07) is 0. The van der Waals surface area contributed by atoms with Crippen molar-refractivity contribution in [2.75, 3.05) is 6.61 Å². The fourth-order valence-electron chi connectivity index (χ4n) is 6.34. The minimum atomic E-state index is -2.99. The van der Waals surface area contributed by atoms with Gasteiger partial charge in [-0.25, -0.2) is 0 Å². The molecule has 0 unspecified atom stereocenters. The summed E-state index contributed by atoms with van der Waals surface area (Å²) in [7, 11) is 0. The SMILES string of the molecule is CCC[CH2][Sn]([CH2]CCC)([CH2]CCC)[C@@H]1C[C@]2(C)O[C@H]1C(F)(F)[C@]21COC(C)(C)O1. The van der Waals surface area contributed by atoms with Gasteiger partial charge in [0.2, 0.25) is 0 Å². The maximum atomic E-state index is 16.0. The van der Waals surface area contributed by atoms with E-state index in [1.54, 1.807) is 13.8 Å². The average Bonchev–Trinajstić information content (AvgIpc) is 3.25. The molecule has 0 saturated carbocycles. The van der Waals surface area contributed by atoms with Gasteiger partial charge in [-0.1, -0.05) is 0 Å². The van der Waals surface area contributed by atoms with Gasteiger partial charge in [0.25, 0.3) is 0 Å². The molecule has 0 radical (unpaired) electrons. The molecule has 0 amide bonds. The normalized spacial score (nSPS) is 37.7. The second-order valence-corrected chi connectivity index (χ2v) is 24.7. The van der Waals surface area contributed by atoms with Gasteiger partial charge in [-0.15, -0.1) is 0 Å². The molecule has 0 aromatic rings. The summed E-state index contributed by atoms with van der Waals surface area (Å²) < 4.78 is 53.8. The van der Waals surface area contributed by atoms with Gasteiger partial charge < -0.3 is 0 Å². The van der Waals surface area contributed by atoms with Gasteiger partial charge in [0, 0.05) is 0 Å². The summed E-state index contributed by atoms with van der Waals surface area (Å²) >= 11 is -2.87. The van der Waals surface area contributed by atoms with Gasteiger partial charge in [-0.3, -0.25) is 0 Å². The molecule has 170 valence electrons. The molecular formula is C23H42F2O3Sn. The van der Waals surface area contributed by atoms with Crippen molar-refractivity contribution in [1.29, 1.82) is 0 Å². The Kier molecular flexibility index (Phi) is 7.07. The molecule has 0 aliphatic carbocycles. The van der Waals surface area contributed by atoms with Crippen LogP contribution in [0, 0.1) is 0 Å². The summed E-state index contributed by atoms with van der Waals surface area (Å²) in [5.41, 5.74) is -2.59. The van der Waals surface area contributed by atoms with E-state index in [1.165, 1.54) is 32.6 Å². The van der Waals surface area contributed by atoms with Crippen LogP contribution < -0.4 is 0 Å². The third-order valence-electron chi connectivity index (χ3n) is 8.03. The van der Waals surface area contributed by atoms with E-state index in [0.29, 0.717) is 0 Å². The Morgan fingerprint density at radius 1 is 0.897 bits per heavy atom. The predicted molar refractivity (Wildman–Crippen MR) is 115 cm³/mol. The van der Waals surface area contributed by atoms with Crippen LogP contribution >= 0.6 is 0 Å². The third-order valence-corrected chi connectivity index (χ3v) is 25.5. The van der Waals surface area contributed by atoms with E-state index in [9.17, 15) is 0 Å². The molecule has 29 heavy (non-hydrogen) atoms. The zero-order valence-electron chi connectivity index (χ0n) is 19.4. The molecule has 2 bridgehead atoms. The van der Waals surface area contributed by atoms with Crippen molar-refractivity contribution in [2.45, 2.75) is 133 Å². The zero-order valence-corrected chi connectivity index (χ0v) is 22.3. The second-order valence-electron chi connectivity index (χ2n) is 10.5. The quantitative estimate of drug-likeness (QED) is 0.291. The van der Waals surface area contributed by atoms with E-state index in [-0.39, 0.29) is 10.5 Å². The van der Waals surface area contributed by atoms with Crippen LogP contribution in [-0.4, -0.2) is 54.0 Å². The van der Waals surface area contributed by atoms with Crippen molar-refractivity contribution >= 4 is 18.4 Å². The Bertz CT molecular complexity index is 556. The number of rotatable bonds is 10. The molecule has 3 rings (SSSR count). The molecular weight excluding hydrogens is 481 g/mol. The van der Waals surface area contributed by atoms with Crippen molar-refractivity contribution in [2.24, 2.45) is 0 Å². The monoisotopic (exact) mass is 524 g/mol. The summed E-state index contributed by atoms with van der Waals surface area (Å²) in [6.45, 7) is 11.9. The average molecular weight is 523 g/mol. The molecule has 6 heteroatoms. The molecule has 3 heterocycles. The van der Waals surface area contributed by atoms with Gasteiger partial charge in [0.1, 0.15) is 0 Å². The van der Waals surface area contributed by atoms with Crippen LogP contribution in [0.2, 0.25) is 17.2 Å². The standard InChI is InChI=1S/C11H15F2O3.3C4H9.Sn/c1-8(2)14-6-10(16-8)9(3)5-4-7(15-9)11(10,12)13;3*1-3-4-2;/h4,7H,5-6H2,1-3H3;3*1,3-4H2,2H3;/t7-,9+,10+;;;;/m1..../s1. The molecule has 3 saturated heterocycles. The Morgan fingerprint density at radius 3 is 1.79 bits per heavy atom. The Balaban J connectivity index is 1.96. The molecule has 1 spiro atoms. The summed E-state index contributed by atoms with van der Waals surface area (Å²) in [5, 5.41) is 0. The van der Waals surface area contributed by atoms with E-state index in [4.69, 9.17) is 14.2 Å². The second kappa shape index (κ2) is 8.47. The predicted octanol–water partition coefficient (Wildman–Crippen LogP) is 6.92. The Hall–Kier alpha value is 0.539. The van der Waals surface area contributed by atoms with Crippen LogP contribution in [-0.2, 0) is 14.2 Å². The summed E-state index contributed by atoms with van der Waals surface area (Å²) in [4.78, 5) is 0. The van der Waals surface area contributed by atoms with Gasteiger partial charge >= 0.3 is 181 Å². The molecule has 0 aromatic carbocycles. The first-order valence-electron chi connectivity index (χ1n) is 11.9. The van der Waals surface area contributed by atoms with Crippen LogP contribution in [0.15, 0.2) is 0 Å². The molecule has 3 aliphatic rings. The van der Waals surface area contributed by atoms with E-state index in [2.05, 4.69) is 20.8 Å². The zero-order chi connectivity index (χ0) is 21.6. The maximum absolute atomic E-state index is 16.0. The fraction of sp³-hybridized carbons (Fsp3) is 1.00. The summed E-state index contributed by atoms with van der Waals surface area (Å²) in [5.74, 6) is -3.98. The van der Waals surface area contributed by atoms with Gasteiger partial charge in [0.05, 0.1) is 0 Å². The molecule has 3 nitrogen and oxygen atoms in total. The molecule has 3 aliphatic heterocycles. The minimum absolute atomic E-state index is 0.0753. The number of fused-ring (bicyclic) bond motifs is 3. The Morgan fingerprint density at radius 2 is 1.41 bits per heavy atom. The van der Waals surface area contributed by atoms with Crippen LogP contribution in [0.4, 0.5) is 8.78 Å². The number of unbranched alkanes of at least 4 members (excludes halogenated alkanes) is 3.